The molecule has 0 amide bonds. The maximum atomic E-state index is 9.18. The Hall–Kier alpha value is -2.47. The summed E-state index contributed by atoms with van der Waals surface area (Å²) >= 11 is 0. The molecule has 0 aliphatic rings. The van der Waals surface area contributed by atoms with Gasteiger partial charge in [-0.3, -0.25) is 0 Å². The second kappa shape index (κ2) is 4.80. The first-order chi connectivity index (χ1) is 8.61. The summed E-state index contributed by atoms with van der Waals surface area (Å²) in [5, 5.41) is 12.5. The van der Waals surface area contributed by atoms with Gasteiger partial charge in [0.25, 0.3) is 0 Å². The third-order valence-corrected chi connectivity index (χ3v) is 2.90. The van der Waals surface area contributed by atoms with Crippen LogP contribution >= 0.6 is 0 Å². The minimum atomic E-state index is 0.675. The minimum absolute atomic E-state index is 0.675. The van der Waals surface area contributed by atoms with Gasteiger partial charge in [-0.2, -0.15) is 5.26 Å². The predicted octanol–water partition coefficient (Wildman–Crippen LogP) is 3.50. The SMILES string of the molecule is Cc1cc(N)ccc1Nc1cccc(C)c1C#N. The van der Waals surface area contributed by atoms with Crippen molar-refractivity contribution in [2.24, 2.45) is 0 Å². The van der Waals surface area contributed by atoms with Gasteiger partial charge in [0.15, 0.2) is 0 Å². The van der Waals surface area contributed by atoms with Gasteiger partial charge in [-0.05, 0) is 49.2 Å². The van der Waals surface area contributed by atoms with Gasteiger partial charge < -0.3 is 11.1 Å². The van der Waals surface area contributed by atoms with Crippen LogP contribution < -0.4 is 11.1 Å². The van der Waals surface area contributed by atoms with Crippen molar-refractivity contribution in [3.63, 3.8) is 0 Å². The Balaban J connectivity index is 2.41. The second-order valence-corrected chi connectivity index (χ2v) is 4.31. The smallest absolute Gasteiger partial charge is 0.102 e. The van der Waals surface area contributed by atoms with E-state index in [0.717, 1.165) is 28.2 Å². The summed E-state index contributed by atoms with van der Waals surface area (Å²) < 4.78 is 0. The van der Waals surface area contributed by atoms with E-state index < -0.39 is 0 Å². The minimum Gasteiger partial charge on any atom is -0.399 e. The lowest BCUT2D eigenvalue weighted by molar-refractivity contribution is 1.37. The van der Waals surface area contributed by atoms with Crippen molar-refractivity contribution in [2.75, 3.05) is 11.1 Å². The molecule has 0 fully saturated rings. The summed E-state index contributed by atoms with van der Waals surface area (Å²) in [7, 11) is 0. The zero-order valence-corrected chi connectivity index (χ0v) is 10.5. The first-order valence-electron chi connectivity index (χ1n) is 5.74. The van der Waals surface area contributed by atoms with Crippen molar-refractivity contribution in [2.45, 2.75) is 13.8 Å². The van der Waals surface area contributed by atoms with E-state index in [1.54, 1.807) is 0 Å². The maximum absolute atomic E-state index is 9.18. The Kier molecular flexibility index (Phi) is 3.20. The summed E-state index contributed by atoms with van der Waals surface area (Å²) in [6.45, 7) is 3.92. The van der Waals surface area contributed by atoms with E-state index in [-0.39, 0.29) is 0 Å². The van der Waals surface area contributed by atoms with Crippen molar-refractivity contribution in [1.82, 2.24) is 0 Å². The van der Waals surface area contributed by atoms with E-state index in [1.807, 2.05) is 50.2 Å². The molecule has 0 radical (unpaired) electrons. The highest BCUT2D eigenvalue weighted by Gasteiger charge is 2.06. The second-order valence-electron chi connectivity index (χ2n) is 4.31. The molecule has 0 aliphatic carbocycles. The number of hydrogen-bond acceptors (Lipinski definition) is 3. The monoisotopic (exact) mass is 237 g/mol. The molecule has 18 heavy (non-hydrogen) atoms. The molecule has 0 saturated heterocycles. The van der Waals surface area contributed by atoms with E-state index in [2.05, 4.69) is 11.4 Å². The van der Waals surface area contributed by atoms with Gasteiger partial charge >= 0.3 is 0 Å². The quantitative estimate of drug-likeness (QED) is 0.786. The maximum Gasteiger partial charge on any atom is 0.102 e. The Bertz CT molecular complexity index is 624. The lowest BCUT2D eigenvalue weighted by atomic mass is 10.1. The van der Waals surface area contributed by atoms with Gasteiger partial charge in [-0.15, -0.1) is 0 Å². The predicted molar refractivity (Wildman–Crippen MR) is 74.8 cm³/mol. The molecule has 3 nitrogen and oxygen atoms in total. The Morgan fingerprint density at radius 3 is 2.50 bits per heavy atom. The molecule has 2 aromatic carbocycles. The number of nitrogen functional groups attached to an aromatic ring is 1. The van der Waals surface area contributed by atoms with Gasteiger partial charge in [0.1, 0.15) is 6.07 Å². The lowest BCUT2D eigenvalue weighted by Gasteiger charge is -2.12. The van der Waals surface area contributed by atoms with Crippen LogP contribution in [0, 0.1) is 25.2 Å². The molecule has 0 bridgehead atoms. The summed E-state index contributed by atoms with van der Waals surface area (Å²) in [6.07, 6.45) is 0. The Morgan fingerprint density at radius 1 is 1.06 bits per heavy atom. The highest BCUT2D eigenvalue weighted by atomic mass is 14.9. The van der Waals surface area contributed by atoms with Gasteiger partial charge in [0.2, 0.25) is 0 Å². The highest BCUT2D eigenvalue weighted by Crippen LogP contribution is 2.26. The summed E-state index contributed by atoms with van der Waals surface area (Å²) in [4.78, 5) is 0. The molecule has 2 rings (SSSR count). The number of nitrogens with one attached hydrogen (secondary N) is 1. The topological polar surface area (TPSA) is 61.8 Å². The van der Waals surface area contributed by atoms with Crippen molar-refractivity contribution < 1.29 is 0 Å². The summed E-state index contributed by atoms with van der Waals surface area (Å²) in [6, 6.07) is 13.7. The van der Waals surface area contributed by atoms with Crippen molar-refractivity contribution in [1.29, 1.82) is 5.26 Å². The van der Waals surface area contributed by atoms with Crippen LogP contribution in [0.5, 0.6) is 0 Å². The number of anilines is 3. The van der Waals surface area contributed by atoms with Gasteiger partial charge in [-0.25, -0.2) is 0 Å². The van der Waals surface area contributed by atoms with Crippen LogP contribution in [0.15, 0.2) is 36.4 Å². The van der Waals surface area contributed by atoms with Crippen LogP contribution in [0.3, 0.4) is 0 Å². The standard InChI is InChI=1S/C15H15N3/c1-10-4-3-5-15(13(10)9-16)18-14-7-6-12(17)8-11(14)2/h3-8,18H,17H2,1-2H3. The molecule has 0 unspecified atom stereocenters. The number of nitrogens with two attached hydrogens (primary N) is 1. The number of aryl methyl sites for hydroxylation is 2. The van der Waals surface area contributed by atoms with Crippen molar-refractivity contribution in [3.8, 4) is 6.07 Å². The first-order valence-corrected chi connectivity index (χ1v) is 5.74. The molecule has 90 valence electrons. The van der Waals surface area contributed by atoms with Crippen molar-refractivity contribution in [3.05, 3.63) is 53.1 Å². The van der Waals surface area contributed by atoms with Gasteiger partial charge in [0, 0.05) is 11.4 Å². The largest absolute Gasteiger partial charge is 0.399 e. The highest BCUT2D eigenvalue weighted by molar-refractivity contribution is 5.71. The Labute approximate surface area is 107 Å². The fourth-order valence-corrected chi connectivity index (χ4v) is 1.89. The van der Waals surface area contributed by atoms with Gasteiger partial charge in [0.05, 0.1) is 11.3 Å². The van der Waals surface area contributed by atoms with E-state index in [1.165, 1.54) is 0 Å². The average molecular weight is 237 g/mol. The Morgan fingerprint density at radius 2 is 1.83 bits per heavy atom. The molecule has 3 heteroatoms. The molecule has 0 saturated carbocycles. The van der Waals surface area contributed by atoms with E-state index in [0.29, 0.717) is 5.56 Å². The number of hydrogen-bond donors (Lipinski definition) is 2. The molecule has 0 heterocycles. The molecule has 0 spiro atoms. The van der Waals surface area contributed by atoms with Crippen LogP contribution in [-0.2, 0) is 0 Å². The third-order valence-electron chi connectivity index (χ3n) is 2.90. The molecule has 0 atom stereocenters. The van der Waals surface area contributed by atoms with Crippen LogP contribution in [0.25, 0.3) is 0 Å². The molecular weight excluding hydrogens is 222 g/mol. The van der Waals surface area contributed by atoms with Crippen LogP contribution in [0.1, 0.15) is 16.7 Å². The van der Waals surface area contributed by atoms with Gasteiger partial charge in [-0.1, -0.05) is 12.1 Å². The van der Waals surface area contributed by atoms with Crippen LogP contribution in [-0.4, -0.2) is 0 Å². The fourth-order valence-electron chi connectivity index (χ4n) is 1.89. The molecule has 2 aromatic rings. The van der Waals surface area contributed by atoms with Crippen molar-refractivity contribution >= 4 is 17.1 Å². The summed E-state index contributed by atoms with van der Waals surface area (Å²) in [5.41, 5.74) is 10.9. The number of nitriles is 1. The van der Waals surface area contributed by atoms with E-state index >= 15 is 0 Å². The lowest BCUT2D eigenvalue weighted by Crippen LogP contribution is -1.98. The number of nitrogens with zero attached hydrogens (tertiary/aromatic N) is 1. The first kappa shape index (κ1) is 12.0. The molecule has 0 aromatic heterocycles. The average Bonchev–Trinajstić information content (AvgIpc) is 2.33. The normalized spacial score (nSPS) is 9.83. The molecule has 0 aliphatic heterocycles. The number of benzene rings is 2. The van der Waals surface area contributed by atoms with E-state index in [4.69, 9.17) is 5.73 Å². The molecular formula is C15H15N3. The van der Waals surface area contributed by atoms with E-state index in [9.17, 15) is 5.26 Å². The zero-order valence-electron chi connectivity index (χ0n) is 10.5. The fraction of sp³-hybridized carbons (Fsp3) is 0.133. The van der Waals surface area contributed by atoms with Crippen LogP contribution in [0.2, 0.25) is 0 Å². The summed E-state index contributed by atoms with van der Waals surface area (Å²) in [5.74, 6) is 0. The third kappa shape index (κ3) is 2.28. The molecule has 3 N–H and O–H groups in total. The zero-order chi connectivity index (χ0) is 13.1. The van der Waals surface area contributed by atoms with Crippen LogP contribution in [0.4, 0.5) is 17.1 Å². The number of rotatable bonds is 2.